The van der Waals surface area contributed by atoms with Crippen LogP contribution in [0.15, 0.2) is 6.33 Å². The van der Waals surface area contributed by atoms with Crippen molar-refractivity contribution in [3.8, 4) is 0 Å². The molecule has 7 heteroatoms. The van der Waals surface area contributed by atoms with E-state index in [1.54, 1.807) is 17.7 Å². The minimum absolute atomic E-state index is 0.0270. The third-order valence-electron chi connectivity index (χ3n) is 3.49. The minimum Gasteiger partial charge on any atom is -0.339 e. The molecule has 3 rings (SSSR count). The second-order valence-corrected chi connectivity index (χ2v) is 7.15. The summed E-state index contributed by atoms with van der Waals surface area (Å²) in [6.07, 6.45) is 1.79. The van der Waals surface area contributed by atoms with Gasteiger partial charge in [0.1, 0.15) is 6.33 Å². The number of thiazole rings is 1. The number of rotatable bonds is 2. The van der Waals surface area contributed by atoms with Crippen molar-refractivity contribution in [1.29, 1.82) is 0 Å². The summed E-state index contributed by atoms with van der Waals surface area (Å²) in [6, 6.07) is 0. The van der Waals surface area contributed by atoms with E-state index < -0.39 is 0 Å². The van der Waals surface area contributed by atoms with Crippen LogP contribution >= 0.6 is 11.3 Å². The number of hydrogen-bond acceptors (Lipinski definition) is 6. The highest BCUT2D eigenvalue weighted by atomic mass is 32.1. The number of nitrogens with zero attached hydrogens (tertiary/aromatic N) is 5. The molecule has 0 saturated carbocycles. The van der Waals surface area contributed by atoms with Gasteiger partial charge in [0, 0.05) is 29.9 Å². The monoisotopic (exact) mass is 292 g/mol. The lowest BCUT2D eigenvalue weighted by Crippen LogP contribution is -2.33. The maximum atomic E-state index is 5.88. The molecule has 0 spiro atoms. The van der Waals surface area contributed by atoms with Crippen molar-refractivity contribution >= 4 is 16.5 Å². The zero-order chi connectivity index (χ0) is 14.3. The van der Waals surface area contributed by atoms with Crippen LogP contribution in [0.3, 0.4) is 0 Å². The minimum atomic E-state index is 0.0270. The summed E-state index contributed by atoms with van der Waals surface area (Å²) in [5.41, 5.74) is 7.02. The molecule has 1 aliphatic rings. The molecule has 0 saturated heterocycles. The Morgan fingerprint density at radius 2 is 2.15 bits per heavy atom. The number of anilines is 1. The van der Waals surface area contributed by atoms with Gasteiger partial charge in [0.15, 0.2) is 11.0 Å². The van der Waals surface area contributed by atoms with Gasteiger partial charge in [-0.25, -0.2) is 4.98 Å². The van der Waals surface area contributed by atoms with Crippen LogP contribution in [0.5, 0.6) is 0 Å². The number of nitrogens with two attached hydrogens (primary N) is 1. The van der Waals surface area contributed by atoms with Crippen LogP contribution in [0.2, 0.25) is 0 Å². The van der Waals surface area contributed by atoms with Crippen molar-refractivity contribution in [2.24, 2.45) is 5.73 Å². The Bertz CT molecular complexity index is 609. The molecule has 6 nitrogen and oxygen atoms in total. The van der Waals surface area contributed by atoms with E-state index in [0.29, 0.717) is 6.54 Å². The van der Waals surface area contributed by atoms with E-state index in [1.807, 2.05) is 0 Å². The van der Waals surface area contributed by atoms with E-state index in [0.717, 1.165) is 36.3 Å². The molecule has 0 unspecified atom stereocenters. The van der Waals surface area contributed by atoms with Crippen LogP contribution in [0, 0.1) is 0 Å². The van der Waals surface area contributed by atoms with Gasteiger partial charge in [-0.1, -0.05) is 20.8 Å². The molecule has 2 aromatic rings. The number of aromatic nitrogens is 4. The number of hydrogen-bond donors (Lipinski definition) is 1. The van der Waals surface area contributed by atoms with Crippen LogP contribution in [0.25, 0.3) is 0 Å². The zero-order valence-electron chi connectivity index (χ0n) is 12.1. The van der Waals surface area contributed by atoms with Gasteiger partial charge in [0.25, 0.3) is 0 Å². The summed E-state index contributed by atoms with van der Waals surface area (Å²) < 4.78 is 2.10. The molecule has 2 aromatic heterocycles. The van der Waals surface area contributed by atoms with E-state index in [9.17, 15) is 0 Å². The Labute approximate surface area is 122 Å². The first kappa shape index (κ1) is 13.5. The summed E-state index contributed by atoms with van der Waals surface area (Å²) in [7, 11) is 0. The van der Waals surface area contributed by atoms with Crippen LogP contribution in [0.1, 0.15) is 37.2 Å². The van der Waals surface area contributed by atoms with E-state index in [-0.39, 0.29) is 5.41 Å². The first-order valence-corrected chi connectivity index (χ1v) is 7.62. The molecule has 20 heavy (non-hydrogen) atoms. The second-order valence-electron chi connectivity index (χ2n) is 6.08. The standard InChI is InChI=1S/C13H20N6S/c1-13(2,3)11-9(6-14)20-12(16-11)18-4-5-19-8-15-17-10(19)7-18/h8H,4-7,14H2,1-3H3. The quantitative estimate of drug-likeness (QED) is 0.908. The highest BCUT2D eigenvalue weighted by Crippen LogP contribution is 2.34. The van der Waals surface area contributed by atoms with Crippen LogP contribution in [-0.4, -0.2) is 26.3 Å². The van der Waals surface area contributed by atoms with Gasteiger partial charge in [-0.2, -0.15) is 0 Å². The molecule has 0 radical (unpaired) electrons. The van der Waals surface area contributed by atoms with Crippen molar-refractivity contribution in [2.45, 2.75) is 45.8 Å². The van der Waals surface area contributed by atoms with Crippen LogP contribution in [-0.2, 0) is 25.0 Å². The summed E-state index contributed by atoms with van der Waals surface area (Å²) in [6.45, 7) is 9.69. The molecule has 0 fully saturated rings. The lowest BCUT2D eigenvalue weighted by atomic mass is 9.91. The van der Waals surface area contributed by atoms with Crippen molar-refractivity contribution in [3.05, 3.63) is 22.7 Å². The second kappa shape index (κ2) is 4.82. The molecule has 0 atom stereocenters. The third kappa shape index (κ3) is 2.31. The molecule has 0 amide bonds. The Balaban J connectivity index is 1.90. The van der Waals surface area contributed by atoms with Gasteiger partial charge < -0.3 is 15.2 Å². The molecule has 3 heterocycles. The molecule has 0 aromatic carbocycles. The van der Waals surface area contributed by atoms with Crippen LogP contribution in [0.4, 0.5) is 5.13 Å². The highest BCUT2D eigenvalue weighted by Gasteiger charge is 2.26. The van der Waals surface area contributed by atoms with Gasteiger partial charge in [0.2, 0.25) is 0 Å². The van der Waals surface area contributed by atoms with E-state index >= 15 is 0 Å². The summed E-state index contributed by atoms with van der Waals surface area (Å²) in [4.78, 5) is 8.29. The summed E-state index contributed by atoms with van der Waals surface area (Å²) in [5.74, 6) is 0.998. The Morgan fingerprint density at radius 1 is 1.35 bits per heavy atom. The predicted molar refractivity (Wildman–Crippen MR) is 79.8 cm³/mol. The first-order chi connectivity index (χ1) is 9.49. The Morgan fingerprint density at radius 3 is 2.80 bits per heavy atom. The smallest absolute Gasteiger partial charge is 0.186 e. The highest BCUT2D eigenvalue weighted by molar-refractivity contribution is 7.15. The third-order valence-corrected chi connectivity index (χ3v) is 4.63. The van der Waals surface area contributed by atoms with Crippen molar-refractivity contribution < 1.29 is 0 Å². The largest absolute Gasteiger partial charge is 0.339 e. The van der Waals surface area contributed by atoms with Gasteiger partial charge in [0.05, 0.1) is 12.2 Å². The summed E-state index contributed by atoms with van der Waals surface area (Å²) in [5, 5.41) is 9.16. The molecule has 2 N–H and O–H groups in total. The molecule has 1 aliphatic heterocycles. The average Bonchev–Trinajstić information content (AvgIpc) is 3.03. The molecule has 108 valence electrons. The van der Waals surface area contributed by atoms with Crippen LogP contribution < -0.4 is 10.6 Å². The van der Waals surface area contributed by atoms with E-state index in [2.05, 4.69) is 40.4 Å². The van der Waals surface area contributed by atoms with Crippen molar-refractivity contribution in [2.75, 3.05) is 11.4 Å². The topological polar surface area (TPSA) is 72.9 Å². The fourth-order valence-electron chi connectivity index (χ4n) is 2.43. The van der Waals surface area contributed by atoms with Gasteiger partial charge in [-0.15, -0.1) is 21.5 Å². The molecule has 0 bridgehead atoms. The normalized spacial score (nSPS) is 15.5. The fourth-order valence-corrected chi connectivity index (χ4v) is 3.60. The molecular formula is C13H20N6S. The SMILES string of the molecule is CC(C)(C)c1nc(N2CCn3cnnc3C2)sc1CN. The lowest BCUT2D eigenvalue weighted by Gasteiger charge is -2.26. The van der Waals surface area contributed by atoms with E-state index in [4.69, 9.17) is 10.7 Å². The zero-order valence-corrected chi connectivity index (χ0v) is 12.9. The fraction of sp³-hybridized carbons (Fsp3) is 0.615. The van der Waals surface area contributed by atoms with Crippen molar-refractivity contribution in [3.63, 3.8) is 0 Å². The summed E-state index contributed by atoms with van der Waals surface area (Å²) >= 11 is 1.70. The molecular weight excluding hydrogens is 272 g/mol. The first-order valence-electron chi connectivity index (χ1n) is 6.81. The Kier molecular flexibility index (Phi) is 3.25. The molecule has 0 aliphatic carbocycles. The number of fused-ring (bicyclic) bond motifs is 1. The average molecular weight is 292 g/mol. The maximum Gasteiger partial charge on any atom is 0.186 e. The van der Waals surface area contributed by atoms with Gasteiger partial charge in [-0.3, -0.25) is 0 Å². The van der Waals surface area contributed by atoms with E-state index in [1.165, 1.54) is 4.88 Å². The lowest BCUT2D eigenvalue weighted by molar-refractivity contribution is 0.548. The maximum absolute atomic E-state index is 5.88. The van der Waals surface area contributed by atoms with Gasteiger partial charge >= 0.3 is 0 Å². The Hall–Kier alpha value is -1.47. The van der Waals surface area contributed by atoms with Gasteiger partial charge in [-0.05, 0) is 0 Å². The van der Waals surface area contributed by atoms with Crippen molar-refractivity contribution in [1.82, 2.24) is 19.7 Å². The predicted octanol–water partition coefficient (Wildman–Crippen LogP) is 1.51.